The van der Waals surface area contributed by atoms with Crippen LogP contribution in [0.4, 0.5) is 0 Å². The topological polar surface area (TPSA) is 121 Å². The molecule has 0 aliphatic carbocycles. The van der Waals surface area contributed by atoms with Gasteiger partial charge < -0.3 is 23.7 Å². The zero-order valence-corrected chi connectivity index (χ0v) is 31.3. The third-order valence-corrected chi connectivity index (χ3v) is 9.92. The lowest BCUT2D eigenvalue weighted by atomic mass is 9.95. The maximum atomic E-state index is 14.2. The summed E-state index contributed by atoms with van der Waals surface area (Å²) < 4.78 is 31.9. The minimum absolute atomic E-state index is 0.158. The number of halogens is 2. The molecule has 13 heteroatoms. The molecule has 0 saturated carbocycles. The van der Waals surface area contributed by atoms with Gasteiger partial charge in [-0.1, -0.05) is 45.5 Å². The number of hydrogen-bond acceptors (Lipinski definition) is 10. The summed E-state index contributed by atoms with van der Waals surface area (Å²) in [4.78, 5) is 32.8. The van der Waals surface area contributed by atoms with Gasteiger partial charge in [-0.25, -0.2) is 9.79 Å². The van der Waals surface area contributed by atoms with Crippen LogP contribution >= 0.6 is 49.9 Å². The fraction of sp³-hybridized carbons (Fsp3) is 0.257. The molecule has 1 aliphatic heterocycles. The van der Waals surface area contributed by atoms with Gasteiger partial charge in [0.05, 0.1) is 64.5 Å². The molecule has 0 radical (unpaired) electrons. The van der Waals surface area contributed by atoms with Gasteiger partial charge in [-0.15, -0.1) is 0 Å². The molecule has 0 bridgehead atoms. The second kappa shape index (κ2) is 15.4. The second-order valence-corrected chi connectivity index (χ2v) is 13.4. The van der Waals surface area contributed by atoms with Crippen LogP contribution < -0.4 is 33.8 Å². The lowest BCUT2D eigenvalue weighted by molar-refractivity contribution is -0.139. The summed E-state index contributed by atoms with van der Waals surface area (Å²) in [5.41, 5.74) is 2.96. The third-order valence-electron chi connectivity index (χ3n) is 7.45. The van der Waals surface area contributed by atoms with E-state index in [0.717, 1.165) is 9.13 Å². The number of benzene rings is 3. The number of allylic oxidation sites excluding steroid dienone is 1. The van der Waals surface area contributed by atoms with Crippen LogP contribution in [0.5, 0.6) is 23.0 Å². The van der Waals surface area contributed by atoms with Crippen LogP contribution in [-0.2, 0) is 16.1 Å². The van der Waals surface area contributed by atoms with Gasteiger partial charge in [-0.05, 0) is 90.9 Å². The number of carbonyl (C=O) groups is 1. The molecule has 0 fully saturated rings. The van der Waals surface area contributed by atoms with Crippen molar-refractivity contribution in [2.24, 2.45) is 4.99 Å². The summed E-state index contributed by atoms with van der Waals surface area (Å²) in [7, 11) is 3.08. The Kier molecular flexibility index (Phi) is 11.3. The van der Waals surface area contributed by atoms with E-state index in [2.05, 4.69) is 49.6 Å². The Morgan fingerprint density at radius 2 is 1.83 bits per heavy atom. The molecule has 0 saturated heterocycles. The summed E-state index contributed by atoms with van der Waals surface area (Å²) in [6, 6.07) is 15.8. The summed E-state index contributed by atoms with van der Waals surface area (Å²) in [5, 5.41) is 9.45. The van der Waals surface area contributed by atoms with E-state index in [-0.39, 0.29) is 24.3 Å². The number of esters is 1. The van der Waals surface area contributed by atoms with Gasteiger partial charge in [-0.2, -0.15) is 5.26 Å². The molecule has 2 heterocycles. The number of nitriles is 1. The van der Waals surface area contributed by atoms with Crippen molar-refractivity contribution in [1.29, 1.82) is 5.26 Å². The van der Waals surface area contributed by atoms with Crippen molar-refractivity contribution in [1.82, 2.24) is 4.57 Å². The number of thiazole rings is 1. The average molecular weight is 845 g/mol. The highest BCUT2D eigenvalue weighted by molar-refractivity contribution is 14.1. The summed E-state index contributed by atoms with van der Waals surface area (Å²) in [5.74, 6) is 1.40. The molecule has 4 aromatic rings. The zero-order chi connectivity index (χ0) is 34.5. The molecule has 248 valence electrons. The molecular formula is C35H31BrIN3O7S. The van der Waals surface area contributed by atoms with Crippen LogP contribution in [0.2, 0.25) is 0 Å². The van der Waals surface area contributed by atoms with Gasteiger partial charge in [0.15, 0.2) is 27.8 Å². The van der Waals surface area contributed by atoms with E-state index in [1.807, 2.05) is 25.1 Å². The zero-order valence-electron chi connectivity index (χ0n) is 26.8. The van der Waals surface area contributed by atoms with Gasteiger partial charge in [0.2, 0.25) is 0 Å². The van der Waals surface area contributed by atoms with E-state index in [4.69, 9.17) is 23.7 Å². The minimum atomic E-state index is -0.858. The number of hydrogen-bond donors (Lipinski definition) is 0. The first-order valence-corrected chi connectivity index (χ1v) is 17.5. The molecule has 0 spiro atoms. The number of fused-ring (bicyclic) bond motifs is 1. The van der Waals surface area contributed by atoms with Crippen molar-refractivity contribution < 1.29 is 28.5 Å². The van der Waals surface area contributed by atoms with Crippen LogP contribution in [0.1, 0.15) is 49.1 Å². The Morgan fingerprint density at radius 1 is 1.08 bits per heavy atom. The standard InChI is InChI=1S/C35H31BrIN3O7S/c1-6-45-27-16-24(36)23(15-26(27)43-4)31-30(34(42)46-7-2)19(3)39-35-40(31)33(41)29(48-35)14-20-12-25(37)32(28(13-20)44-5)47-18-22-11-9-8-10-21(22)17-38/h8-16,31H,6-7,18H2,1-5H3/b29-14+/t31-/m0/s1. The van der Waals surface area contributed by atoms with E-state index < -0.39 is 12.0 Å². The largest absolute Gasteiger partial charge is 0.493 e. The van der Waals surface area contributed by atoms with Gasteiger partial charge in [0.1, 0.15) is 6.61 Å². The van der Waals surface area contributed by atoms with Gasteiger partial charge in [0, 0.05) is 10.0 Å². The molecule has 1 atom stereocenters. The van der Waals surface area contributed by atoms with E-state index in [0.29, 0.717) is 65.8 Å². The lowest BCUT2D eigenvalue weighted by Crippen LogP contribution is -2.40. The molecule has 0 unspecified atom stereocenters. The molecule has 10 nitrogen and oxygen atoms in total. The Labute approximate surface area is 303 Å². The van der Waals surface area contributed by atoms with E-state index in [1.54, 1.807) is 57.4 Å². The van der Waals surface area contributed by atoms with E-state index >= 15 is 0 Å². The van der Waals surface area contributed by atoms with Crippen LogP contribution in [0.25, 0.3) is 6.08 Å². The predicted molar refractivity (Wildman–Crippen MR) is 193 cm³/mol. The first-order chi connectivity index (χ1) is 23.1. The first kappa shape index (κ1) is 35.2. The summed E-state index contributed by atoms with van der Waals surface area (Å²) >= 11 is 7.03. The molecule has 0 amide bonds. The molecule has 5 rings (SSSR count). The summed E-state index contributed by atoms with van der Waals surface area (Å²) in [6.07, 6.45) is 1.76. The Bertz CT molecular complexity index is 2150. The quantitative estimate of drug-likeness (QED) is 0.133. The van der Waals surface area contributed by atoms with Crippen LogP contribution in [0.3, 0.4) is 0 Å². The molecule has 3 aromatic carbocycles. The number of methoxy groups -OCH3 is 2. The number of carbonyl (C=O) groups excluding carboxylic acids is 1. The maximum absolute atomic E-state index is 14.2. The van der Waals surface area contributed by atoms with Gasteiger partial charge >= 0.3 is 5.97 Å². The molecule has 1 aromatic heterocycles. The smallest absolute Gasteiger partial charge is 0.338 e. The van der Waals surface area contributed by atoms with Crippen molar-refractivity contribution in [2.75, 3.05) is 27.4 Å². The number of ether oxygens (including phenoxy) is 5. The maximum Gasteiger partial charge on any atom is 0.338 e. The van der Waals surface area contributed by atoms with Gasteiger partial charge in [0.25, 0.3) is 5.56 Å². The molecule has 1 aliphatic rings. The summed E-state index contributed by atoms with van der Waals surface area (Å²) in [6.45, 7) is 6.10. The SMILES string of the molecule is CCOC(=O)C1=C(C)N=c2s/c(=C/c3cc(I)c(OCc4ccccc4C#N)c(OC)c3)c(=O)n2[C@H]1c1cc(OC)c(OCC)cc1Br. The second-order valence-electron chi connectivity index (χ2n) is 10.4. The Balaban J connectivity index is 1.62. The van der Waals surface area contributed by atoms with Crippen molar-refractivity contribution in [2.45, 2.75) is 33.4 Å². The van der Waals surface area contributed by atoms with Gasteiger partial charge in [-0.3, -0.25) is 9.36 Å². The van der Waals surface area contributed by atoms with Crippen LogP contribution in [0, 0.1) is 14.9 Å². The van der Waals surface area contributed by atoms with E-state index in [1.165, 1.54) is 23.0 Å². The minimum Gasteiger partial charge on any atom is -0.493 e. The van der Waals surface area contributed by atoms with Crippen molar-refractivity contribution in [3.63, 3.8) is 0 Å². The predicted octanol–water partition coefficient (Wildman–Crippen LogP) is 6.03. The third kappa shape index (κ3) is 7.01. The molecule has 0 N–H and O–H groups in total. The van der Waals surface area contributed by atoms with Crippen LogP contribution in [-0.4, -0.2) is 38.0 Å². The van der Waals surface area contributed by atoms with Crippen molar-refractivity contribution >= 4 is 61.9 Å². The monoisotopic (exact) mass is 843 g/mol. The number of nitrogens with zero attached hydrogens (tertiary/aromatic N) is 3. The van der Waals surface area contributed by atoms with Crippen molar-refractivity contribution in [3.05, 3.63) is 110 Å². The van der Waals surface area contributed by atoms with Crippen molar-refractivity contribution in [3.8, 4) is 29.1 Å². The average Bonchev–Trinajstić information content (AvgIpc) is 3.37. The Hall–Kier alpha value is -4.13. The number of rotatable bonds is 11. The fourth-order valence-electron chi connectivity index (χ4n) is 5.29. The van der Waals surface area contributed by atoms with Crippen LogP contribution in [0.15, 0.2) is 74.1 Å². The van der Waals surface area contributed by atoms with E-state index in [9.17, 15) is 14.9 Å². The fourth-order valence-corrected chi connectivity index (χ4v) is 7.66. The lowest BCUT2D eigenvalue weighted by Gasteiger charge is -2.26. The molecule has 48 heavy (non-hydrogen) atoms. The highest BCUT2D eigenvalue weighted by Crippen LogP contribution is 2.41. The number of aromatic nitrogens is 1. The first-order valence-electron chi connectivity index (χ1n) is 14.8. The Morgan fingerprint density at radius 3 is 2.52 bits per heavy atom. The highest BCUT2D eigenvalue weighted by Gasteiger charge is 2.35. The highest BCUT2D eigenvalue weighted by atomic mass is 127. The molecular weight excluding hydrogens is 813 g/mol. The normalized spacial score (nSPS) is 14.1.